The molecular formula is C12H17FN2O. The van der Waals surface area contributed by atoms with Gasteiger partial charge in [0.1, 0.15) is 5.82 Å². The van der Waals surface area contributed by atoms with Crippen LogP contribution in [0.1, 0.15) is 25.3 Å². The molecule has 0 aliphatic carbocycles. The van der Waals surface area contributed by atoms with Crippen molar-refractivity contribution in [2.24, 2.45) is 5.73 Å². The highest BCUT2D eigenvalue weighted by Crippen LogP contribution is 2.14. The first-order chi connectivity index (χ1) is 7.52. The molecule has 0 aromatic heterocycles. The molecule has 0 spiro atoms. The third kappa shape index (κ3) is 3.62. The van der Waals surface area contributed by atoms with Crippen LogP contribution in [-0.2, 0) is 4.79 Å². The van der Waals surface area contributed by atoms with Gasteiger partial charge in [0.25, 0.3) is 0 Å². The van der Waals surface area contributed by atoms with Gasteiger partial charge in [-0.25, -0.2) is 4.39 Å². The second-order valence-corrected chi connectivity index (χ2v) is 3.88. The summed E-state index contributed by atoms with van der Waals surface area (Å²) >= 11 is 0. The number of nitrogens with one attached hydrogen (secondary N) is 1. The second-order valence-electron chi connectivity index (χ2n) is 3.88. The van der Waals surface area contributed by atoms with Crippen LogP contribution in [0.15, 0.2) is 18.2 Å². The summed E-state index contributed by atoms with van der Waals surface area (Å²) in [6, 6.07) is 4.36. The average molecular weight is 224 g/mol. The fraction of sp³-hybridized carbons (Fsp3) is 0.417. The third-order valence-electron chi connectivity index (χ3n) is 2.41. The molecule has 4 heteroatoms. The number of anilines is 1. The minimum Gasteiger partial charge on any atom is -0.327 e. The number of amides is 1. The van der Waals surface area contributed by atoms with E-state index >= 15 is 0 Å². The van der Waals surface area contributed by atoms with Gasteiger partial charge in [-0.05, 0) is 37.1 Å². The van der Waals surface area contributed by atoms with E-state index in [9.17, 15) is 9.18 Å². The van der Waals surface area contributed by atoms with Crippen LogP contribution < -0.4 is 11.1 Å². The van der Waals surface area contributed by atoms with Gasteiger partial charge in [-0.15, -0.1) is 0 Å². The summed E-state index contributed by atoms with van der Waals surface area (Å²) < 4.78 is 13.0. The van der Waals surface area contributed by atoms with Crippen molar-refractivity contribution in [2.45, 2.75) is 32.7 Å². The monoisotopic (exact) mass is 224 g/mol. The first kappa shape index (κ1) is 12.6. The molecule has 0 fully saturated rings. The van der Waals surface area contributed by atoms with Crippen molar-refractivity contribution in [3.63, 3.8) is 0 Å². The summed E-state index contributed by atoms with van der Waals surface area (Å²) in [5, 5.41) is 2.69. The summed E-state index contributed by atoms with van der Waals surface area (Å²) in [6.45, 7) is 3.59. The lowest BCUT2D eigenvalue weighted by Gasteiger charge is -2.09. The lowest BCUT2D eigenvalue weighted by Crippen LogP contribution is -2.26. The molecule has 1 aromatic carbocycles. The first-order valence-corrected chi connectivity index (χ1v) is 5.34. The molecule has 16 heavy (non-hydrogen) atoms. The largest absolute Gasteiger partial charge is 0.327 e. The number of carbonyl (C=O) groups is 1. The Labute approximate surface area is 94.8 Å². The number of aryl methyl sites for hydroxylation is 1. The smallest absolute Gasteiger partial charge is 0.225 e. The lowest BCUT2D eigenvalue weighted by atomic mass is 10.1. The Balaban J connectivity index is 2.59. The van der Waals surface area contributed by atoms with E-state index in [1.54, 1.807) is 13.0 Å². The molecule has 1 unspecified atom stereocenters. The van der Waals surface area contributed by atoms with Crippen LogP contribution in [0.4, 0.5) is 10.1 Å². The fourth-order valence-electron chi connectivity index (χ4n) is 1.32. The van der Waals surface area contributed by atoms with Crippen LogP contribution in [0.3, 0.4) is 0 Å². The predicted octanol–water partition coefficient (Wildman–Crippen LogP) is 2.20. The van der Waals surface area contributed by atoms with Gasteiger partial charge in [0.05, 0.1) is 0 Å². The van der Waals surface area contributed by atoms with Crippen LogP contribution in [-0.4, -0.2) is 11.9 Å². The average Bonchev–Trinajstić information content (AvgIpc) is 2.23. The van der Waals surface area contributed by atoms with Crippen LogP contribution in [0.5, 0.6) is 0 Å². The Morgan fingerprint density at radius 3 is 2.81 bits per heavy atom. The zero-order valence-electron chi connectivity index (χ0n) is 9.59. The quantitative estimate of drug-likeness (QED) is 0.823. The number of benzene rings is 1. The third-order valence-corrected chi connectivity index (χ3v) is 2.41. The summed E-state index contributed by atoms with van der Waals surface area (Å²) in [5.41, 5.74) is 6.78. The van der Waals surface area contributed by atoms with Gasteiger partial charge in [0, 0.05) is 18.2 Å². The number of rotatable bonds is 4. The van der Waals surface area contributed by atoms with Gasteiger partial charge in [-0.1, -0.05) is 6.92 Å². The van der Waals surface area contributed by atoms with Crippen molar-refractivity contribution >= 4 is 11.6 Å². The van der Waals surface area contributed by atoms with Gasteiger partial charge in [-0.3, -0.25) is 4.79 Å². The van der Waals surface area contributed by atoms with E-state index in [1.165, 1.54) is 12.1 Å². The van der Waals surface area contributed by atoms with E-state index in [0.29, 0.717) is 11.3 Å². The van der Waals surface area contributed by atoms with Crippen molar-refractivity contribution in [3.05, 3.63) is 29.6 Å². The van der Waals surface area contributed by atoms with Crippen LogP contribution in [0, 0.1) is 12.7 Å². The first-order valence-electron chi connectivity index (χ1n) is 5.34. The molecule has 88 valence electrons. The van der Waals surface area contributed by atoms with Gasteiger partial charge < -0.3 is 11.1 Å². The van der Waals surface area contributed by atoms with E-state index in [0.717, 1.165) is 6.42 Å². The van der Waals surface area contributed by atoms with Crippen LogP contribution in [0.2, 0.25) is 0 Å². The zero-order chi connectivity index (χ0) is 12.1. The summed E-state index contributed by atoms with van der Waals surface area (Å²) in [5.74, 6) is -0.413. The number of nitrogens with two attached hydrogens (primary N) is 1. The molecule has 0 aliphatic heterocycles. The topological polar surface area (TPSA) is 55.1 Å². The van der Waals surface area contributed by atoms with Gasteiger partial charge in [-0.2, -0.15) is 0 Å². The molecule has 0 radical (unpaired) electrons. The van der Waals surface area contributed by atoms with Crippen molar-refractivity contribution in [1.29, 1.82) is 0 Å². The van der Waals surface area contributed by atoms with E-state index < -0.39 is 0 Å². The molecule has 0 aliphatic rings. The molecule has 1 amide bonds. The molecule has 1 rings (SSSR count). The van der Waals surface area contributed by atoms with Crippen molar-refractivity contribution in [3.8, 4) is 0 Å². The lowest BCUT2D eigenvalue weighted by molar-refractivity contribution is -0.116. The number of hydrogen-bond donors (Lipinski definition) is 2. The van der Waals surface area contributed by atoms with Crippen molar-refractivity contribution in [2.75, 3.05) is 5.32 Å². The maximum Gasteiger partial charge on any atom is 0.225 e. The maximum absolute atomic E-state index is 13.0. The molecule has 0 bridgehead atoms. The van der Waals surface area contributed by atoms with Crippen molar-refractivity contribution in [1.82, 2.24) is 0 Å². The molecule has 0 saturated carbocycles. The Hall–Kier alpha value is -1.42. The van der Waals surface area contributed by atoms with E-state index in [-0.39, 0.29) is 24.2 Å². The van der Waals surface area contributed by atoms with Crippen LogP contribution >= 0.6 is 0 Å². The number of carbonyl (C=O) groups excluding carboxylic acids is 1. The van der Waals surface area contributed by atoms with Gasteiger partial charge in [0.15, 0.2) is 0 Å². The summed E-state index contributed by atoms with van der Waals surface area (Å²) in [6.07, 6.45) is 1.04. The SMILES string of the molecule is CCC(N)CC(=O)Nc1ccc(F)c(C)c1. The highest BCUT2D eigenvalue weighted by molar-refractivity contribution is 5.91. The minimum atomic E-state index is -0.275. The Kier molecular flexibility index (Phi) is 4.43. The van der Waals surface area contributed by atoms with E-state index in [1.807, 2.05) is 6.92 Å². The molecular weight excluding hydrogens is 207 g/mol. The van der Waals surface area contributed by atoms with Crippen molar-refractivity contribution < 1.29 is 9.18 Å². The zero-order valence-corrected chi connectivity index (χ0v) is 9.59. The van der Waals surface area contributed by atoms with Gasteiger partial charge >= 0.3 is 0 Å². The normalized spacial score (nSPS) is 12.2. The molecule has 0 saturated heterocycles. The molecule has 0 heterocycles. The summed E-state index contributed by atoms with van der Waals surface area (Å²) in [4.78, 5) is 11.5. The van der Waals surface area contributed by atoms with E-state index in [2.05, 4.69) is 5.32 Å². The Bertz CT molecular complexity index is 379. The highest BCUT2D eigenvalue weighted by Gasteiger charge is 2.08. The minimum absolute atomic E-state index is 0.124. The highest BCUT2D eigenvalue weighted by atomic mass is 19.1. The molecule has 3 nitrogen and oxygen atoms in total. The second kappa shape index (κ2) is 5.61. The molecule has 1 atom stereocenters. The molecule has 3 N–H and O–H groups in total. The number of halogens is 1. The number of hydrogen-bond acceptors (Lipinski definition) is 2. The fourth-order valence-corrected chi connectivity index (χ4v) is 1.32. The predicted molar refractivity (Wildman–Crippen MR) is 62.7 cm³/mol. The van der Waals surface area contributed by atoms with Crippen LogP contribution in [0.25, 0.3) is 0 Å². The Morgan fingerprint density at radius 2 is 2.25 bits per heavy atom. The maximum atomic E-state index is 13.0. The summed E-state index contributed by atoms with van der Waals surface area (Å²) in [7, 11) is 0. The Morgan fingerprint density at radius 1 is 1.56 bits per heavy atom. The standard InChI is InChI=1S/C12H17FN2O/c1-3-9(14)7-12(16)15-10-4-5-11(13)8(2)6-10/h4-6,9H,3,7,14H2,1-2H3,(H,15,16). The van der Waals surface area contributed by atoms with E-state index in [4.69, 9.17) is 5.73 Å². The molecule has 1 aromatic rings. The van der Waals surface area contributed by atoms with Gasteiger partial charge in [0.2, 0.25) is 5.91 Å².